The number of ether oxygens (including phenoxy) is 1. The Morgan fingerprint density at radius 3 is 2.25 bits per heavy atom. The molecule has 3 rings (SSSR count). The van der Waals surface area contributed by atoms with Crippen LogP contribution >= 0.6 is 11.6 Å². The van der Waals surface area contributed by atoms with Gasteiger partial charge in [0.2, 0.25) is 10.0 Å². The Morgan fingerprint density at radius 1 is 1.09 bits per heavy atom. The van der Waals surface area contributed by atoms with Gasteiger partial charge < -0.3 is 9.72 Å². The molecule has 0 saturated heterocycles. The molecule has 1 aromatic carbocycles. The molecule has 0 aliphatic heterocycles. The number of H-pyrrole nitrogens is 1. The van der Waals surface area contributed by atoms with E-state index in [0.717, 1.165) is 11.9 Å². The highest BCUT2D eigenvalue weighted by Crippen LogP contribution is 2.45. The van der Waals surface area contributed by atoms with E-state index in [4.69, 9.17) is 16.3 Å². The van der Waals surface area contributed by atoms with Crippen LogP contribution in [0.1, 0.15) is 29.9 Å². The van der Waals surface area contributed by atoms with Crippen molar-refractivity contribution in [2.45, 2.75) is 25.8 Å². The molecule has 9 heteroatoms. The molecule has 0 bridgehead atoms. The molecule has 1 aliphatic carbocycles. The van der Waals surface area contributed by atoms with E-state index in [1.165, 1.54) is 13.2 Å². The largest absolute Gasteiger partial charge is 0.466 e. The first-order valence-electron chi connectivity index (χ1n) is 9.83. The lowest BCUT2D eigenvalue weighted by Gasteiger charge is -2.40. The summed E-state index contributed by atoms with van der Waals surface area (Å²) < 4.78 is 31.7. The van der Waals surface area contributed by atoms with Crippen molar-refractivity contribution in [3.63, 3.8) is 0 Å². The van der Waals surface area contributed by atoms with E-state index in [0.29, 0.717) is 17.0 Å². The summed E-state index contributed by atoms with van der Waals surface area (Å²) in [7, 11) is -2.42. The first kappa shape index (κ1) is 24.0. The number of nitrogens with one attached hydrogen (secondary N) is 2. The van der Waals surface area contributed by atoms with Crippen molar-refractivity contribution in [1.29, 1.82) is 0 Å². The highest BCUT2D eigenvalue weighted by molar-refractivity contribution is 7.88. The number of hydrogen-bond acceptors (Lipinski definition) is 5. The molecule has 2 unspecified atom stereocenters. The fraction of sp³-hybridized carbons (Fsp3) is 0.304. The van der Waals surface area contributed by atoms with Crippen LogP contribution in [-0.4, -0.2) is 44.1 Å². The van der Waals surface area contributed by atoms with E-state index >= 15 is 0 Å². The number of Topliss-reactive ketones (excluding diaryl/α,β-unsaturated/α-hetero) is 1. The third-order valence-electron chi connectivity index (χ3n) is 5.45. The predicted molar refractivity (Wildman–Crippen MR) is 123 cm³/mol. The van der Waals surface area contributed by atoms with E-state index in [1.54, 1.807) is 50.4 Å². The molecular weight excluding hydrogens is 452 g/mol. The molecular formula is C23H25ClN2O5S. The normalized spacial score (nSPS) is 23.3. The summed E-state index contributed by atoms with van der Waals surface area (Å²) in [6.07, 6.45) is 6.15. The van der Waals surface area contributed by atoms with Crippen LogP contribution in [0, 0.1) is 5.41 Å². The molecule has 0 saturated carbocycles. The fourth-order valence-corrected chi connectivity index (χ4v) is 5.12. The summed E-state index contributed by atoms with van der Waals surface area (Å²) in [4.78, 5) is 29.7. The minimum Gasteiger partial charge on any atom is -0.466 e. The van der Waals surface area contributed by atoms with Gasteiger partial charge in [0.25, 0.3) is 0 Å². The molecule has 0 fully saturated rings. The zero-order chi connectivity index (χ0) is 23.7. The van der Waals surface area contributed by atoms with E-state index in [2.05, 4.69) is 9.71 Å². The van der Waals surface area contributed by atoms with Gasteiger partial charge in [-0.15, -0.1) is 0 Å². The van der Waals surface area contributed by atoms with Gasteiger partial charge in [-0.3, -0.25) is 4.79 Å². The number of rotatable bonds is 7. The monoisotopic (exact) mass is 476 g/mol. The first-order valence-corrected chi connectivity index (χ1v) is 12.1. The third kappa shape index (κ3) is 5.03. The van der Waals surface area contributed by atoms with Crippen molar-refractivity contribution < 1.29 is 22.7 Å². The van der Waals surface area contributed by atoms with Crippen molar-refractivity contribution in [2.75, 3.05) is 13.4 Å². The van der Waals surface area contributed by atoms with Crippen LogP contribution in [0.2, 0.25) is 5.02 Å². The highest BCUT2D eigenvalue weighted by atomic mass is 35.5. The molecule has 1 heterocycles. The SMILES string of the molecule is COC(=O)C1=CC(C)(NS(C)(=O)=O)C=C(C(=O)c2ccc(Cl)cc2)C1(C)Cc1ccc[nH]1. The Balaban J connectivity index is 2.24. The number of esters is 1. The summed E-state index contributed by atoms with van der Waals surface area (Å²) >= 11 is 5.98. The Labute approximate surface area is 192 Å². The topological polar surface area (TPSA) is 105 Å². The summed E-state index contributed by atoms with van der Waals surface area (Å²) in [5.41, 5.74) is -0.774. The number of aromatic nitrogens is 1. The lowest BCUT2D eigenvalue weighted by molar-refractivity contribution is -0.137. The molecule has 0 radical (unpaired) electrons. The second-order valence-electron chi connectivity index (χ2n) is 8.30. The first-order chi connectivity index (χ1) is 14.9. The van der Waals surface area contributed by atoms with Crippen molar-refractivity contribution in [3.8, 4) is 0 Å². The van der Waals surface area contributed by atoms with Crippen molar-refractivity contribution in [2.24, 2.45) is 5.41 Å². The lowest BCUT2D eigenvalue weighted by Crippen LogP contribution is -2.48. The Kier molecular flexibility index (Phi) is 6.51. The smallest absolute Gasteiger partial charge is 0.334 e. The molecule has 2 aromatic rings. The Hall–Kier alpha value is -2.68. The number of allylic oxidation sites excluding steroid dienone is 1. The molecule has 170 valence electrons. The summed E-state index contributed by atoms with van der Waals surface area (Å²) in [5, 5.41) is 0.479. The fourth-order valence-electron chi connectivity index (χ4n) is 4.08. The zero-order valence-electron chi connectivity index (χ0n) is 18.2. The van der Waals surface area contributed by atoms with E-state index in [9.17, 15) is 18.0 Å². The van der Waals surface area contributed by atoms with Gasteiger partial charge >= 0.3 is 5.97 Å². The minimum absolute atomic E-state index is 0.188. The van der Waals surface area contributed by atoms with E-state index in [1.807, 2.05) is 12.1 Å². The maximum absolute atomic E-state index is 13.7. The molecule has 1 aliphatic rings. The summed E-state index contributed by atoms with van der Waals surface area (Å²) in [6.45, 7) is 3.36. The molecule has 2 N–H and O–H groups in total. The lowest BCUT2D eigenvalue weighted by atomic mass is 9.64. The van der Waals surface area contributed by atoms with Gasteiger partial charge in [-0.2, -0.15) is 0 Å². The maximum atomic E-state index is 13.7. The van der Waals surface area contributed by atoms with Gasteiger partial charge in [0.05, 0.1) is 18.9 Å². The Morgan fingerprint density at radius 2 is 1.72 bits per heavy atom. The van der Waals surface area contributed by atoms with Crippen LogP contribution in [-0.2, 0) is 26.0 Å². The summed E-state index contributed by atoms with van der Waals surface area (Å²) in [6, 6.07) is 10.1. The third-order valence-corrected chi connectivity index (χ3v) is 6.51. The quantitative estimate of drug-likeness (QED) is 0.470. The number of carbonyl (C=O) groups is 2. The number of sulfonamides is 1. The van der Waals surface area contributed by atoms with Crippen LogP contribution in [0.4, 0.5) is 0 Å². The number of halogens is 1. The van der Waals surface area contributed by atoms with Gasteiger partial charge in [-0.05, 0) is 49.4 Å². The number of carbonyl (C=O) groups excluding carboxylic acids is 2. The van der Waals surface area contributed by atoms with Crippen LogP contribution in [0.3, 0.4) is 0 Å². The van der Waals surface area contributed by atoms with E-state index < -0.39 is 26.9 Å². The van der Waals surface area contributed by atoms with Crippen molar-refractivity contribution in [1.82, 2.24) is 9.71 Å². The maximum Gasteiger partial charge on any atom is 0.334 e. The number of benzene rings is 1. The van der Waals surface area contributed by atoms with Gasteiger partial charge in [0.1, 0.15) is 0 Å². The molecule has 2 atom stereocenters. The van der Waals surface area contributed by atoms with Gasteiger partial charge in [0, 0.05) is 45.5 Å². The number of ketones is 1. The number of hydrogen-bond donors (Lipinski definition) is 2. The van der Waals surface area contributed by atoms with Crippen LogP contribution < -0.4 is 4.72 Å². The summed E-state index contributed by atoms with van der Waals surface area (Å²) in [5.74, 6) is -0.984. The average molecular weight is 477 g/mol. The number of methoxy groups -OCH3 is 1. The van der Waals surface area contributed by atoms with Gasteiger partial charge in [-0.1, -0.05) is 24.6 Å². The minimum atomic E-state index is -3.67. The molecule has 32 heavy (non-hydrogen) atoms. The Bertz CT molecular complexity index is 1200. The molecule has 0 amide bonds. The van der Waals surface area contributed by atoms with E-state index in [-0.39, 0.29) is 16.9 Å². The highest BCUT2D eigenvalue weighted by Gasteiger charge is 2.47. The molecule has 0 spiro atoms. The average Bonchev–Trinajstić information content (AvgIpc) is 3.20. The number of aromatic amines is 1. The predicted octanol–water partition coefficient (Wildman–Crippen LogP) is 3.45. The second-order valence-corrected chi connectivity index (χ2v) is 10.5. The molecule has 1 aromatic heterocycles. The standard InChI is InChI=1S/C23H25ClN2O5S/c1-22(26-32(4,29)30)13-18(20(27)15-7-9-16(24)10-8-15)23(2,12-17-6-5-11-25-17)19(14-22)21(28)31-3/h5-11,13-14,25-26H,12H2,1-4H3. The van der Waals surface area contributed by atoms with Crippen LogP contribution in [0.25, 0.3) is 0 Å². The van der Waals surface area contributed by atoms with Crippen molar-refractivity contribution >= 4 is 33.4 Å². The van der Waals surface area contributed by atoms with Crippen molar-refractivity contribution in [3.05, 3.63) is 82.2 Å². The van der Waals surface area contributed by atoms with Gasteiger partial charge in [-0.25, -0.2) is 17.9 Å². The second kappa shape index (κ2) is 8.69. The van der Waals surface area contributed by atoms with Crippen LogP contribution in [0.5, 0.6) is 0 Å². The molecule has 7 nitrogen and oxygen atoms in total. The van der Waals surface area contributed by atoms with Crippen LogP contribution in [0.15, 0.2) is 65.9 Å². The van der Waals surface area contributed by atoms with Gasteiger partial charge in [0.15, 0.2) is 5.78 Å². The zero-order valence-corrected chi connectivity index (χ0v) is 19.8.